The number of carbonyl (C=O) groups excluding carboxylic acids is 1. The summed E-state index contributed by atoms with van der Waals surface area (Å²) in [4.78, 5) is 14.3. The molecule has 1 unspecified atom stereocenters. The van der Waals surface area contributed by atoms with Crippen LogP contribution >= 0.6 is 0 Å². The average molecular weight is 277 g/mol. The number of aryl methyl sites for hydroxylation is 1. The van der Waals surface area contributed by atoms with Gasteiger partial charge in [0.1, 0.15) is 6.04 Å². The van der Waals surface area contributed by atoms with Gasteiger partial charge in [-0.3, -0.25) is 4.79 Å². The Kier molecular flexibility index (Phi) is 5.11. The molecule has 0 radical (unpaired) electrons. The molecule has 0 spiro atoms. The third kappa shape index (κ3) is 4.03. The number of nitrogens with one attached hydrogen (secondary N) is 2. The second-order valence-corrected chi connectivity index (χ2v) is 5.46. The number of carbonyl (C=O) groups is 1. The molecule has 1 aromatic rings. The maximum atomic E-state index is 12.2. The Morgan fingerprint density at radius 3 is 2.95 bits per heavy atom. The highest BCUT2D eigenvalue weighted by Gasteiger charge is 2.21. The monoisotopic (exact) mass is 277 g/mol. The fourth-order valence-electron chi connectivity index (χ4n) is 2.22. The smallest absolute Gasteiger partial charge is 0.243 e. The van der Waals surface area contributed by atoms with E-state index in [-0.39, 0.29) is 11.9 Å². The van der Waals surface area contributed by atoms with Crippen molar-refractivity contribution >= 4 is 11.6 Å². The Labute approximate surface area is 120 Å². The number of morpholine rings is 1. The molecule has 1 atom stereocenters. The number of hydrogen-bond acceptors (Lipinski definition) is 4. The number of hydrogen-bond donors (Lipinski definition) is 2. The molecule has 1 saturated heterocycles. The van der Waals surface area contributed by atoms with Gasteiger partial charge in [-0.2, -0.15) is 0 Å². The summed E-state index contributed by atoms with van der Waals surface area (Å²) in [5.74, 6) is -0.0326. The molecule has 20 heavy (non-hydrogen) atoms. The molecule has 1 aliphatic heterocycles. The van der Waals surface area contributed by atoms with Gasteiger partial charge in [-0.05, 0) is 38.2 Å². The molecule has 1 aliphatic rings. The SMILES string of the molecule is Cc1ccc(CN(C)C)cc1NC(=O)C1COCCN1. The van der Waals surface area contributed by atoms with Crippen molar-refractivity contribution in [1.82, 2.24) is 10.2 Å². The summed E-state index contributed by atoms with van der Waals surface area (Å²) < 4.78 is 5.32. The fourth-order valence-corrected chi connectivity index (χ4v) is 2.22. The quantitative estimate of drug-likeness (QED) is 0.861. The summed E-state index contributed by atoms with van der Waals surface area (Å²) in [6.07, 6.45) is 0. The van der Waals surface area contributed by atoms with Crippen LogP contribution in [-0.2, 0) is 16.1 Å². The second-order valence-electron chi connectivity index (χ2n) is 5.46. The van der Waals surface area contributed by atoms with Crippen LogP contribution in [-0.4, -0.2) is 50.7 Å². The van der Waals surface area contributed by atoms with Crippen molar-refractivity contribution in [3.8, 4) is 0 Å². The zero-order chi connectivity index (χ0) is 14.5. The van der Waals surface area contributed by atoms with Crippen molar-refractivity contribution in [1.29, 1.82) is 0 Å². The molecule has 0 saturated carbocycles. The summed E-state index contributed by atoms with van der Waals surface area (Å²) >= 11 is 0. The minimum Gasteiger partial charge on any atom is -0.378 e. The fraction of sp³-hybridized carbons (Fsp3) is 0.533. The van der Waals surface area contributed by atoms with Crippen LogP contribution in [0.5, 0.6) is 0 Å². The Morgan fingerprint density at radius 2 is 2.30 bits per heavy atom. The summed E-state index contributed by atoms with van der Waals surface area (Å²) in [7, 11) is 4.06. The maximum absolute atomic E-state index is 12.2. The van der Waals surface area contributed by atoms with Gasteiger partial charge < -0.3 is 20.3 Å². The van der Waals surface area contributed by atoms with E-state index in [2.05, 4.69) is 21.6 Å². The minimum absolute atomic E-state index is 0.0326. The van der Waals surface area contributed by atoms with Gasteiger partial charge >= 0.3 is 0 Å². The average Bonchev–Trinajstić information content (AvgIpc) is 2.43. The highest BCUT2D eigenvalue weighted by Crippen LogP contribution is 2.18. The molecule has 5 nitrogen and oxygen atoms in total. The number of rotatable bonds is 4. The van der Waals surface area contributed by atoms with Gasteiger partial charge in [0.2, 0.25) is 5.91 Å². The maximum Gasteiger partial charge on any atom is 0.243 e. The van der Waals surface area contributed by atoms with E-state index in [0.29, 0.717) is 13.2 Å². The molecule has 0 aliphatic carbocycles. The van der Waals surface area contributed by atoms with Gasteiger partial charge in [-0.15, -0.1) is 0 Å². The van der Waals surface area contributed by atoms with Gasteiger partial charge in [0.25, 0.3) is 0 Å². The highest BCUT2D eigenvalue weighted by atomic mass is 16.5. The van der Waals surface area contributed by atoms with Gasteiger partial charge in [-0.25, -0.2) is 0 Å². The van der Waals surface area contributed by atoms with Crippen LogP contribution in [0.2, 0.25) is 0 Å². The highest BCUT2D eigenvalue weighted by molar-refractivity contribution is 5.95. The Hall–Kier alpha value is -1.43. The molecule has 1 fully saturated rings. The summed E-state index contributed by atoms with van der Waals surface area (Å²) in [6, 6.07) is 5.91. The largest absolute Gasteiger partial charge is 0.378 e. The van der Waals surface area contributed by atoms with Crippen LogP contribution in [0.4, 0.5) is 5.69 Å². The normalized spacial score (nSPS) is 19.1. The molecule has 2 N–H and O–H groups in total. The minimum atomic E-state index is -0.263. The van der Waals surface area contributed by atoms with Crippen LogP contribution in [0.25, 0.3) is 0 Å². The van der Waals surface area contributed by atoms with E-state index < -0.39 is 0 Å². The van der Waals surface area contributed by atoms with Crippen LogP contribution in [0, 0.1) is 6.92 Å². The first kappa shape index (κ1) is 15.0. The number of amides is 1. The number of ether oxygens (including phenoxy) is 1. The molecular formula is C15H23N3O2. The lowest BCUT2D eigenvalue weighted by Crippen LogP contribution is -2.48. The summed E-state index contributed by atoms with van der Waals surface area (Å²) in [5, 5.41) is 6.15. The van der Waals surface area contributed by atoms with Gasteiger partial charge in [0.15, 0.2) is 0 Å². The zero-order valence-corrected chi connectivity index (χ0v) is 12.4. The van der Waals surface area contributed by atoms with Crippen LogP contribution in [0.1, 0.15) is 11.1 Å². The number of anilines is 1. The number of benzene rings is 1. The van der Waals surface area contributed by atoms with E-state index in [0.717, 1.165) is 24.3 Å². The van der Waals surface area contributed by atoms with E-state index in [1.165, 1.54) is 5.56 Å². The zero-order valence-electron chi connectivity index (χ0n) is 12.4. The standard InChI is InChI=1S/C15H23N3O2/c1-11-4-5-12(9-18(2)3)8-13(11)17-15(19)14-10-20-7-6-16-14/h4-5,8,14,16H,6-7,9-10H2,1-3H3,(H,17,19). The van der Waals surface area contributed by atoms with Crippen molar-refractivity contribution in [2.45, 2.75) is 19.5 Å². The van der Waals surface area contributed by atoms with Crippen LogP contribution in [0.15, 0.2) is 18.2 Å². The van der Waals surface area contributed by atoms with Crippen molar-refractivity contribution in [3.05, 3.63) is 29.3 Å². The van der Waals surface area contributed by atoms with E-state index >= 15 is 0 Å². The Bertz CT molecular complexity index is 468. The van der Waals surface area contributed by atoms with Crippen molar-refractivity contribution in [2.24, 2.45) is 0 Å². The van der Waals surface area contributed by atoms with E-state index in [4.69, 9.17) is 4.74 Å². The third-order valence-corrected chi connectivity index (χ3v) is 3.30. The molecule has 1 heterocycles. The summed E-state index contributed by atoms with van der Waals surface area (Å²) in [6.45, 7) is 4.68. The van der Waals surface area contributed by atoms with Crippen molar-refractivity contribution < 1.29 is 9.53 Å². The molecule has 0 bridgehead atoms. The van der Waals surface area contributed by atoms with Gasteiger partial charge in [0, 0.05) is 18.8 Å². The van der Waals surface area contributed by atoms with Crippen molar-refractivity contribution in [3.63, 3.8) is 0 Å². The third-order valence-electron chi connectivity index (χ3n) is 3.30. The Morgan fingerprint density at radius 1 is 1.50 bits per heavy atom. The van der Waals surface area contributed by atoms with E-state index in [1.807, 2.05) is 33.2 Å². The van der Waals surface area contributed by atoms with Gasteiger partial charge in [-0.1, -0.05) is 12.1 Å². The van der Waals surface area contributed by atoms with E-state index in [1.54, 1.807) is 0 Å². The molecule has 2 rings (SSSR count). The lowest BCUT2D eigenvalue weighted by atomic mass is 10.1. The molecule has 0 aromatic heterocycles. The Balaban J connectivity index is 2.05. The van der Waals surface area contributed by atoms with Crippen LogP contribution in [0.3, 0.4) is 0 Å². The van der Waals surface area contributed by atoms with Gasteiger partial charge in [0.05, 0.1) is 13.2 Å². The van der Waals surface area contributed by atoms with Crippen LogP contribution < -0.4 is 10.6 Å². The molecular weight excluding hydrogens is 254 g/mol. The second kappa shape index (κ2) is 6.83. The lowest BCUT2D eigenvalue weighted by Gasteiger charge is -2.23. The summed E-state index contributed by atoms with van der Waals surface area (Å²) in [5.41, 5.74) is 3.13. The van der Waals surface area contributed by atoms with Crippen molar-refractivity contribution in [2.75, 3.05) is 39.2 Å². The molecule has 110 valence electrons. The molecule has 5 heteroatoms. The predicted octanol–water partition coefficient (Wildman–Crippen LogP) is 0.984. The number of nitrogens with zero attached hydrogens (tertiary/aromatic N) is 1. The predicted molar refractivity (Wildman–Crippen MR) is 79.8 cm³/mol. The lowest BCUT2D eigenvalue weighted by molar-refractivity contribution is -0.120. The van der Waals surface area contributed by atoms with E-state index in [9.17, 15) is 4.79 Å². The topological polar surface area (TPSA) is 53.6 Å². The molecule has 1 aromatic carbocycles. The first-order chi connectivity index (χ1) is 9.56. The first-order valence-electron chi connectivity index (χ1n) is 6.92. The molecule has 1 amide bonds. The first-order valence-corrected chi connectivity index (χ1v) is 6.92.